The maximum absolute atomic E-state index is 13.9. The number of amides is 1. The summed E-state index contributed by atoms with van der Waals surface area (Å²) in [5, 5.41) is 17.7. The van der Waals surface area contributed by atoms with E-state index in [-0.39, 0.29) is 11.7 Å². The molecule has 2 aromatic carbocycles. The summed E-state index contributed by atoms with van der Waals surface area (Å²) in [6.07, 6.45) is 0.427. The minimum atomic E-state index is -1.82. The number of rotatable bonds is 6. The van der Waals surface area contributed by atoms with Gasteiger partial charge >= 0.3 is 11.9 Å². The molecule has 1 saturated heterocycles. The molecule has 0 radical (unpaired) electrons. The molecule has 3 N–H and O–H groups in total. The Bertz CT molecular complexity index is 919. The highest BCUT2D eigenvalue weighted by Gasteiger charge is 2.19. The predicted molar refractivity (Wildman–Crippen MR) is 117 cm³/mol. The van der Waals surface area contributed by atoms with Crippen LogP contribution in [0.15, 0.2) is 48.5 Å². The van der Waals surface area contributed by atoms with Crippen LogP contribution in [0.3, 0.4) is 0 Å². The van der Waals surface area contributed by atoms with Crippen LogP contribution in [0.25, 0.3) is 0 Å². The summed E-state index contributed by atoms with van der Waals surface area (Å²) in [7, 11) is 1.60. The third-order valence-electron chi connectivity index (χ3n) is 4.76. The SMILES string of the molecule is COc1cccc(NC(=O)CCN2CCN(c3ccccc3F)CC2)c1.O=C(O)C(=O)O. The first-order chi connectivity index (χ1) is 15.3. The number of carbonyl (C=O) groups excluding carboxylic acids is 1. The van der Waals surface area contributed by atoms with Crippen LogP contribution in [0, 0.1) is 5.82 Å². The molecular formula is C22H26FN3O6. The highest BCUT2D eigenvalue weighted by Crippen LogP contribution is 2.20. The molecule has 3 rings (SSSR count). The second-order valence-electron chi connectivity index (χ2n) is 6.92. The number of anilines is 2. The van der Waals surface area contributed by atoms with E-state index in [2.05, 4.69) is 15.1 Å². The summed E-state index contributed by atoms with van der Waals surface area (Å²) >= 11 is 0. The van der Waals surface area contributed by atoms with Gasteiger partial charge in [-0.2, -0.15) is 0 Å². The number of piperazine rings is 1. The van der Waals surface area contributed by atoms with Gasteiger partial charge in [0.15, 0.2) is 0 Å². The molecule has 1 fully saturated rings. The molecule has 1 amide bonds. The summed E-state index contributed by atoms with van der Waals surface area (Å²) in [6, 6.07) is 14.2. The molecule has 0 bridgehead atoms. The van der Waals surface area contributed by atoms with Gasteiger partial charge in [-0.3, -0.25) is 9.69 Å². The molecule has 0 saturated carbocycles. The van der Waals surface area contributed by atoms with Crippen LogP contribution in [0.5, 0.6) is 5.75 Å². The molecule has 0 unspecified atom stereocenters. The largest absolute Gasteiger partial charge is 0.497 e. The van der Waals surface area contributed by atoms with E-state index in [9.17, 15) is 9.18 Å². The van der Waals surface area contributed by atoms with Crippen LogP contribution in [-0.2, 0) is 14.4 Å². The Kier molecular flexibility index (Phi) is 9.43. The van der Waals surface area contributed by atoms with E-state index in [0.717, 1.165) is 31.9 Å². The number of halogens is 1. The van der Waals surface area contributed by atoms with Crippen molar-refractivity contribution in [1.82, 2.24) is 4.90 Å². The number of aliphatic carboxylic acids is 2. The van der Waals surface area contributed by atoms with Crippen molar-refractivity contribution in [2.45, 2.75) is 6.42 Å². The number of carbonyl (C=O) groups is 3. The summed E-state index contributed by atoms with van der Waals surface area (Å²) in [5.41, 5.74) is 1.39. The monoisotopic (exact) mass is 447 g/mol. The fraction of sp³-hybridized carbons (Fsp3) is 0.318. The van der Waals surface area contributed by atoms with Gasteiger partial charge in [-0.1, -0.05) is 18.2 Å². The van der Waals surface area contributed by atoms with Crippen LogP contribution < -0.4 is 15.0 Å². The normalized spacial score (nSPS) is 13.5. The van der Waals surface area contributed by atoms with E-state index in [1.54, 1.807) is 19.2 Å². The van der Waals surface area contributed by atoms with Gasteiger partial charge in [0.2, 0.25) is 5.91 Å². The lowest BCUT2D eigenvalue weighted by molar-refractivity contribution is -0.159. The Morgan fingerprint density at radius 1 is 1.00 bits per heavy atom. The molecule has 10 heteroatoms. The average molecular weight is 447 g/mol. The van der Waals surface area contributed by atoms with Gasteiger partial charge in [-0.25, -0.2) is 14.0 Å². The van der Waals surface area contributed by atoms with Crippen molar-refractivity contribution in [2.24, 2.45) is 0 Å². The molecule has 9 nitrogen and oxygen atoms in total. The molecule has 1 heterocycles. The smallest absolute Gasteiger partial charge is 0.414 e. The molecule has 0 spiro atoms. The fourth-order valence-corrected chi connectivity index (χ4v) is 3.10. The van der Waals surface area contributed by atoms with Crippen molar-refractivity contribution in [1.29, 1.82) is 0 Å². The fourth-order valence-electron chi connectivity index (χ4n) is 3.10. The highest BCUT2D eigenvalue weighted by molar-refractivity contribution is 6.27. The maximum Gasteiger partial charge on any atom is 0.414 e. The molecule has 2 aromatic rings. The Morgan fingerprint density at radius 3 is 2.25 bits per heavy atom. The third kappa shape index (κ3) is 7.88. The zero-order valence-corrected chi connectivity index (χ0v) is 17.7. The highest BCUT2D eigenvalue weighted by atomic mass is 19.1. The van der Waals surface area contributed by atoms with E-state index in [1.165, 1.54) is 6.07 Å². The van der Waals surface area contributed by atoms with E-state index >= 15 is 0 Å². The van der Waals surface area contributed by atoms with Gasteiger partial charge in [0.1, 0.15) is 11.6 Å². The number of hydrogen-bond acceptors (Lipinski definition) is 6. The summed E-state index contributed by atoms with van der Waals surface area (Å²) < 4.78 is 19.0. The minimum Gasteiger partial charge on any atom is -0.497 e. The van der Waals surface area contributed by atoms with Crippen molar-refractivity contribution in [2.75, 3.05) is 50.1 Å². The van der Waals surface area contributed by atoms with Gasteiger partial charge < -0.3 is 25.2 Å². The minimum absolute atomic E-state index is 0.0187. The van der Waals surface area contributed by atoms with Crippen LogP contribution in [0.4, 0.5) is 15.8 Å². The second kappa shape index (κ2) is 12.3. The lowest BCUT2D eigenvalue weighted by Gasteiger charge is -2.36. The zero-order valence-electron chi connectivity index (χ0n) is 17.7. The number of hydrogen-bond donors (Lipinski definition) is 3. The Balaban J connectivity index is 0.000000534. The van der Waals surface area contributed by atoms with Crippen LogP contribution >= 0.6 is 0 Å². The summed E-state index contributed by atoms with van der Waals surface area (Å²) in [5.74, 6) is -3.13. The average Bonchev–Trinajstić information content (AvgIpc) is 2.79. The summed E-state index contributed by atoms with van der Waals surface area (Å²) in [6.45, 7) is 3.86. The summed E-state index contributed by atoms with van der Waals surface area (Å²) in [4.78, 5) is 34.6. The molecule has 0 atom stereocenters. The number of methoxy groups -OCH3 is 1. The van der Waals surface area contributed by atoms with E-state index in [0.29, 0.717) is 24.4 Å². The van der Waals surface area contributed by atoms with E-state index in [1.807, 2.05) is 30.3 Å². The van der Waals surface area contributed by atoms with Crippen molar-refractivity contribution < 1.29 is 33.7 Å². The van der Waals surface area contributed by atoms with Crippen molar-refractivity contribution in [3.05, 3.63) is 54.3 Å². The molecule has 0 aromatic heterocycles. The van der Waals surface area contributed by atoms with Crippen LogP contribution in [0.1, 0.15) is 6.42 Å². The van der Waals surface area contributed by atoms with Gasteiger partial charge in [-0.05, 0) is 24.3 Å². The maximum atomic E-state index is 13.9. The standard InChI is InChI=1S/C20H24FN3O2.C2H2O4/c1-26-17-6-4-5-16(15-17)22-20(25)9-10-23-11-13-24(14-12-23)19-8-3-2-7-18(19)21;3-1(4)2(5)6/h2-8,15H,9-14H2,1H3,(H,22,25);(H,3,4)(H,5,6). The lowest BCUT2D eigenvalue weighted by Crippen LogP contribution is -2.47. The number of para-hydroxylation sites is 1. The predicted octanol–water partition coefficient (Wildman–Crippen LogP) is 2.14. The quantitative estimate of drug-likeness (QED) is 0.577. The van der Waals surface area contributed by atoms with Gasteiger partial charge in [0, 0.05) is 50.9 Å². The number of ether oxygens (including phenoxy) is 1. The molecular weight excluding hydrogens is 421 g/mol. The lowest BCUT2D eigenvalue weighted by atomic mass is 10.2. The number of carboxylic acid groups (broad SMARTS) is 2. The van der Waals surface area contributed by atoms with Crippen molar-refractivity contribution in [3.63, 3.8) is 0 Å². The number of carboxylic acids is 2. The molecule has 172 valence electrons. The van der Waals surface area contributed by atoms with Gasteiger partial charge in [0.05, 0.1) is 12.8 Å². The molecule has 32 heavy (non-hydrogen) atoms. The molecule has 1 aliphatic heterocycles. The number of nitrogens with one attached hydrogen (secondary N) is 1. The third-order valence-corrected chi connectivity index (χ3v) is 4.76. The van der Waals surface area contributed by atoms with Crippen molar-refractivity contribution >= 4 is 29.2 Å². The first-order valence-electron chi connectivity index (χ1n) is 9.92. The first kappa shape index (κ1) is 24.6. The first-order valence-corrected chi connectivity index (χ1v) is 9.92. The van der Waals surface area contributed by atoms with Crippen LogP contribution in [-0.4, -0.2) is 72.8 Å². The van der Waals surface area contributed by atoms with Crippen LogP contribution in [0.2, 0.25) is 0 Å². The van der Waals surface area contributed by atoms with Crippen molar-refractivity contribution in [3.8, 4) is 5.75 Å². The Morgan fingerprint density at radius 2 is 1.66 bits per heavy atom. The molecule has 0 aliphatic carbocycles. The molecule has 1 aliphatic rings. The zero-order chi connectivity index (χ0) is 23.5. The van der Waals surface area contributed by atoms with E-state index < -0.39 is 11.9 Å². The number of nitrogens with zero attached hydrogens (tertiary/aromatic N) is 2. The Labute approximate surface area is 185 Å². The Hall–Kier alpha value is -3.66. The number of benzene rings is 2. The second-order valence-corrected chi connectivity index (χ2v) is 6.92. The van der Waals surface area contributed by atoms with Gasteiger partial charge in [-0.15, -0.1) is 0 Å². The van der Waals surface area contributed by atoms with E-state index in [4.69, 9.17) is 24.5 Å². The van der Waals surface area contributed by atoms with Gasteiger partial charge in [0.25, 0.3) is 0 Å². The topological polar surface area (TPSA) is 119 Å².